The molecule has 2 fully saturated rings. The summed E-state index contributed by atoms with van der Waals surface area (Å²) in [5.74, 6) is -3.90. The molecule has 3 aromatic carbocycles. The number of hydrogen-bond donors (Lipinski definition) is 0. The second-order valence-corrected chi connectivity index (χ2v) is 11.9. The van der Waals surface area contributed by atoms with Crippen molar-refractivity contribution in [2.75, 3.05) is 13.2 Å². The zero-order valence-electron chi connectivity index (χ0n) is 25.6. The van der Waals surface area contributed by atoms with Crippen molar-refractivity contribution in [2.45, 2.75) is 50.4 Å². The zero-order chi connectivity index (χ0) is 32.8. The lowest BCUT2D eigenvalue weighted by atomic mass is 9.67. The van der Waals surface area contributed by atoms with E-state index in [-0.39, 0.29) is 18.6 Å². The predicted octanol–water partition coefficient (Wildman–Crippen LogP) is 5.89. The Kier molecular flexibility index (Phi) is 9.87. The molecule has 4 unspecified atom stereocenters. The van der Waals surface area contributed by atoms with Crippen molar-refractivity contribution < 1.29 is 48.0 Å². The van der Waals surface area contributed by atoms with Crippen LogP contribution in [-0.2, 0) is 33.5 Å². The molecule has 0 N–H and O–H groups in total. The van der Waals surface area contributed by atoms with Gasteiger partial charge in [-0.15, -0.1) is 0 Å². The number of rotatable bonds is 14. The maximum atomic E-state index is 12.6. The van der Waals surface area contributed by atoms with Gasteiger partial charge in [0.2, 0.25) is 0 Å². The molecule has 0 spiro atoms. The van der Waals surface area contributed by atoms with Crippen molar-refractivity contribution in [1.29, 1.82) is 0 Å². The molecule has 0 bridgehead atoms. The average molecular weight is 639 g/mol. The maximum absolute atomic E-state index is 12.6. The molecule has 4 atom stereocenters. The van der Waals surface area contributed by atoms with Crippen LogP contribution >= 0.6 is 0 Å². The summed E-state index contributed by atoms with van der Waals surface area (Å²) in [5, 5.41) is 0. The van der Waals surface area contributed by atoms with E-state index in [0.29, 0.717) is 35.8 Å². The van der Waals surface area contributed by atoms with Crippen LogP contribution in [0.5, 0.6) is 11.5 Å². The molecule has 0 radical (unpaired) electrons. The van der Waals surface area contributed by atoms with Crippen molar-refractivity contribution in [2.24, 2.45) is 11.8 Å². The molecule has 6 rings (SSSR count). The van der Waals surface area contributed by atoms with Crippen LogP contribution in [0.25, 0.3) is 6.08 Å². The number of allylic oxidation sites excluding steroid dienone is 1. The Bertz CT molecular complexity index is 1680. The number of carbonyl (C=O) groups is 5. The van der Waals surface area contributed by atoms with E-state index < -0.39 is 47.5 Å². The molecule has 0 amide bonds. The Labute approximate surface area is 271 Å². The number of cyclic esters (lactones) is 4. The molecule has 47 heavy (non-hydrogen) atoms. The molecule has 1 aliphatic carbocycles. The van der Waals surface area contributed by atoms with Crippen molar-refractivity contribution in [3.63, 3.8) is 0 Å². The maximum Gasteiger partial charge on any atom is 0.321 e. The van der Waals surface area contributed by atoms with Gasteiger partial charge in [0, 0.05) is 5.56 Å². The monoisotopic (exact) mass is 638 g/mol. The molecule has 242 valence electrons. The average Bonchev–Trinajstić information content (AvgIpc) is 3.58. The first kappa shape index (κ1) is 31.9. The third kappa shape index (κ3) is 7.49. The van der Waals surface area contributed by atoms with Crippen LogP contribution in [0.15, 0.2) is 78.9 Å². The highest BCUT2D eigenvalue weighted by atomic mass is 17.2. The fourth-order valence-electron chi connectivity index (χ4n) is 6.37. The van der Waals surface area contributed by atoms with E-state index in [1.54, 1.807) is 48.6 Å². The van der Waals surface area contributed by atoms with E-state index in [1.807, 2.05) is 36.4 Å². The third-order valence-electron chi connectivity index (χ3n) is 8.76. The minimum atomic E-state index is -0.752. The van der Waals surface area contributed by atoms with Gasteiger partial charge in [0.1, 0.15) is 5.75 Å². The lowest BCUT2D eigenvalue weighted by molar-refractivity contribution is -0.207. The fourth-order valence-corrected chi connectivity index (χ4v) is 6.37. The molecule has 2 aliphatic heterocycles. The summed E-state index contributed by atoms with van der Waals surface area (Å²) >= 11 is 0. The van der Waals surface area contributed by atoms with Gasteiger partial charge in [-0.25, -0.2) is 0 Å². The van der Waals surface area contributed by atoms with Crippen LogP contribution in [0.2, 0.25) is 0 Å². The Morgan fingerprint density at radius 1 is 0.723 bits per heavy atom. The Morgan fingerprint density at radius 3 is 2.19 bits per heavy atom. The molecule has 0 saturated carbocycles. The highest BCUT2D eigenvalue weighted by Crippen LogP contribution is 2.51. The van der Waals surface area contributed by atoms with Crippen molar-refractivity contribution in [1.82, 2.24) is 0 Å². The molecule has 3 aromatic rings. The first-order valence-electron chi connectivity index (χ1n) is 15.8. The molecule has 10 nitrogen and oxygen atoms in total. The summed E-state index contributed by atoms with van der Waals surface area (Å²) < 4.78 is 15.7. The van der Waals surface area contributed by atoms with E-state index in [2.05, 4.69) is 0 Å². The lowest BCUT2D eigenvalue weighted by Gasteiger charge is -2.33. The minimum absolute atomic E-state index is 0.0520. The van der Waals surface area contributed by atoms with Gasteiger partial charge in [-0.2, -0.15) is 4.89 Å². The number of ether oxygens (including phenoxy) is 3. The molecule has 3 aliphatic rings. The topological polar surface area (TPSA) is 132 Å². The fraction of sp³-hybridized carbons (Fsp3) is 0.324. The van der Waals surface area contributed by atoms with Crippen molar-refractivity contribution >= 4 is 35.7 Å². The molecule has 2 saturated heterocycles. The molecular weight excluding hydrogens is 604 g/mol. The van der Waals surface area contributed by atoms with Crippen LogP contribution in [0.4, 0.5) is 0 Å². The second kappa shape index (κ2) is 14.6. The van der Waals surface area contributed by atoms with E-state index in [9.17, 15) is 24.0 Å². The normalized spacial score (nSPS) is 21.7. The molecule has 2 heterocycles. The second-order valence-electron chi connectivity index (χ2n) is 11.9. The Balaban J connectivity index is 0.911. The number of unbranched alkanes of at least 4 members (excludes halogenated alkanes) is 3. The van der Waals surface area contributed by atoms with Crippen LogP contribution < -0.4 is 9.62 Å². The number of fused-ring (bicyclic) bond motifs is 3. The highest BCUT2D eigenvalue weighted by molar-refractivity contribution is 6.06. The summed E-state index contributed by atoms with van der Waals surface area (Å²) in [6.07, 6.45) is 6.90. The number of carbonyl (C=O) groups excluding carboxylic acids is 5. The largest absolute Gasteiger partial charge is 0.494 e. The van der Waals surface area contributed by atoms with Crippen molar-refractivity contribution in [3.05, 3.63) is 101 Å². The summed E-state index contributed by atoms with van der Waals surface area (Å²) in [7, 11) is 0. The quantitative estimate of drug-likeness (QED) is 0.0400. The van der Waals surface area contributed by atoms with Gasteiger partial charge in [0.25, 0.3) is 0 Å². The van der Waals surface area contributed by atoms with Crippen LogP contribution in [0, 0.1) is 11.8 Å². The van der Waals surface area contributed by atoms with E-state index >= 15 is 0 Å². The van der Waals surface area contributed by atoms with Gasteiger partial charge in [-0.05, 0) is 78.6 Å². The van der Waals surface area contributed by atoms with E-state index in [0.717, 1.165) is 36.8 Å². The minimum Gasteiger partial charge on any atom is -0.494 e. The Morgan fingerprint density at radius 2 is 1.45 bits per heavy atom. The van der Waals surface area contributed by atoms with Gasteiger partial charge < -0.3 is 19.1 Å². The summed E-state index contributed by atoms with van der Waals surface area (Å²) in [6, 6.07) is 21.7. The first-order valence-corrected chi connectivity index (χ1v) is 15.8. The third-order valence-corrected chi connectivity index (χ3v) is 8.76. The van der Waals surface area contributed by atoms with Gasteiger partial charge in [0.05, 0.1) is 37.4 Å². The van der Waals surface area contributed by atoms with E-state index in [4.69, 9.17) is 24.0 Å². The molecule has 10 heteroatoms. The summed E-state index contributed by atoms with van der Waals surface area (Å²) in [5.41, 5.74) is 2.86. The SMILES string of the molecule is O=C1CC(C2CC3C(=O)OC(=O)C3c3cc(OCCCCCCOOc4ccc(C=CC(=O)c5ccccc5)cc4)ccc32)C(=O)O1. The van der Waals surface area contributed by atoms with Crippen LogP contribution in [0.1, 0.15) is 77.4 Å². The highest BCUT2D eigenvalue weighted by Gasteiger charge is 2.53. The number of esters is 4. The molecular formula is C37H34O10. The van der Waals surface area contributed by atoms with Crippen LogP contribution in [0.3, 0.4) is 0 Å². The van der Waals surface area contributed by atoms with E-state index in [1.165, 1.54) is 0 Å². The lowest BCUT2D eigenvalue weighted by Crippen LogP contribution is -2.31. The van der Waals surface area contributed by atoms with Crippen molar-refractivity contribution in [3.8, 4) is 11.5 Å². The number of ketones is 1. The van der Waals surface area contributed by atoms with Gasteiger partial charge in [-0.1, -0.05) is 61.0 Å². The standard InChI is InChI=1S/C37H34O10/c38-32(24-8-4-3-5-9-24)17-12-23-10-13-25(14-11-23)47-44-19-7-2-1-6-18-43-26-15-16-27-28(30-22-33(39)45-35(30)40)21-31-34(29(27)20-26)37(42)46-36(31)41/h3-5,8-17,20,28,30-31,34H,1-2,6-7,18-19,21-22H2. The summed E-state index contributed by atoms with van der Waals surface area (Å²) in [6.45, 7) is 0.885. The van der Waals surface area contributed by atoms with Crippen LogP contribution in [-0.4, -0.2) is 42.9 Å². The predicted molar refractivity (Wildman–Crippen MR) is 167 cm³/mol. The van der Waals surface area contributed by atoms with Gasteiger partial charge in [-0.3, -0.25) is 24.0 Å². The van der Waals surface area contributed by atoms with Gasteiger partial charge >= 0.3 is 23.9 Å². The zero-order valence-corrected chi connectivity index (χ0v) is 25.6. The Hall–Kier alpha value is -5.09. The number of benzene rings is 3. The summed E-state index contributed by atoms with van der Waals surface area (Å²) in [4.78, 5) is 72.1. The number of hydrogen-bond acceptors (Lipinski definition) is 10. The molecule has 0 aromatic heterocycles. The first-order chi connectivity index (χ1) is 22.9. The smallest absolute Gasteiger partial charge is 0.321 e. The van der Waals surface area contributed by atoms with Gasteiger partial charge in [0.15, 0.2) is 11.5 Å².